The van der Waals surface area contributed by atoms with Gasteiger partial charge < -0.3 is 5.11 Å². The number of nitrogens with zero attached hydrogens (tertiary/aromatic N) is 1. The van der Waals surface area contributed by atoms with Crippen LogP contribution >= 0.6 is 11.6 Å². The Balaban J connectivity index is 2.18. The van der Waals surface area contributed by atoms with Crippen molar-refractivity contribution in [2.24, 2.45) is 5.92 Å². The van der Waals surface area contributed by atoms with Crippen molar-refractivity contribution in [3.63, 3.8) is 0 Å². The first-order valence-corrected chi connectivity index (χ1v) is 7.22. The summed E-state index contributed by atoms with van der Waals surface area (Å²) in [7, 11) is 0. The number of benzene rings is 1. The maximum absolute atomic E-state index is 11.2. The van der Waals surface area contributed by atoms with Gasteiger partial charge in [-0.1, -0.05) is 36.7 Å². The van der Waals surface area contributed by atoms with Crippen molar-refractivity contribution in [1.29, 1.82) is 0 Å². The molecular weight excluding hydrogens is 262 g/mol. The summed E-state index contributed by atoms with van der Waals surface area (Å²) < 4.78 is 0. The molecule has 1 N–H and O–H groups in total. The highest BCUT2D eigenvalue weighted by Crippen LogP contribution is 2.33. The van der Waals surface area contributed by atoms with Crippen LogP contribution in [0.4, 0.5) is 0 Å². The number of carboxylic acid groups (broad SMARTS) is 1. The van der Waals surface area contributed by atoms with Gasteiger partial charge in [-0.25, -0.2) is 0 Å². The maximum atomic E-state index is 11.2. The lowest BCUT2D eigenvalue weighted by atomic mass is 9.94. The minimum absolute atomic E-state index is 0.218. The first kappa shape index (κ1) is 14.4. The molecule has 2 atom stereocenters. The molecule has 3 nitrogen and oxygen atoms in total. The second kappa shape index (κ2) is 6.40. The zero-order valence-electron chi connectivity index (χ0n) is 11.2. The molecule has 19 heavy (non-hydrogen) atoms. The van der Waals surface area contributed by atoms with E-state index in [2.05, 4.69) is 11.8 Å². The number of halogens is 1. The van der Waals surface area contributed by atoms with Gasteiger partial charge in [0.05, 0.1) is 5.92 Å². The number of piperidine rings is 1. The number of likely N-dealkylation sites (tertiary alicyclic amines) is 1. The van der Waals surface area contributed by atoms with Crippen molar-refractivity contribution < 1.29 is 9.90 Å². The summed E-state index contributed by atoms with van der Waals surface area (Å²) in [4.78, 5) is 13.4. The predicted molar refractivity (Wildman–Crippen MR) is 76.4 cm³/mol. The Kier molecular flexibility index (Phi) is 4.83. The van der Waals surface area contributed by atoms with Gasteiger partial charge in [0.1, 0.15) is 0 Å². The third kappa shape index (κ3) is 3.28. The molecule has 1 aromatic carbocycles. The molecule has 0 radical (unpaired) electrons. The molecular formula is C15H20ClNO2. The van der Waals surface area contributed by atoms with Gasteiger partial charge in [0.2, 0.25) is 0 Å². The van der Waals surface area contributed by atoms with E-state index in [1.807, 2.05) is 24.3 Å². The molecule has 0 bridgehead atoms. The first-order chi connectivity index (χ1) is 9.13. The number of hydrogen-bond acceptors (Lipinski definition) is 2. The normalized spacial score (nSPS) is 22.1. The fraction of sp³-hybridized carbons (Fsp3) is 0.533. The Morgan fingerprint density at radius 2 is 2.26 bits per heavy atom. The smallest absolute Gasteiger partial charge is 0.307 e. The lowest BCUT2D eigenvalue weighted by Crippen LogP contribution is -2.40. The molecule has 0 saturated carbocycles. The topological polar surface area (TPSA) is 40.5 Å². The van der Waals surface area contributed by atoms with E-state index in [9.17, 15) is 9.90 Å². The molecule has 0 aliphatic carbocycles. The molecule has 0 aromatic heterocycles. The minimum atomic E-state index is -0.682. The number of carbonyl (C=O) groups is 1. The average molecular weight is 282 g/mol. The van der Waals surface area contributed by atoms with Crippen molar-refractivity contribution in [3.05, 3.63) is 34.9 Å². The zero-order valence-corrected chi connectivity index (χ0v) is 11.9. The van der Waals surface area contributed by atoms with Gasteiger partial charge in [-0.05, 0) is 37.4 Å². The Bertz CT molecular complexity index is 450. The van der Waals surface area contributed by atoms with Crippen molar-refractivity contribution >= 4 is 17.6 Å². The summed E-state index contributed by atoms with van der Waals surface area (Å²) in [5.41, 5.74) is 1.11. The Morgan fingerprint density at radius 3 is 2.89 bits per heavy atom. The molecule has 0 amide bonds. The average Bonchev–Trinajstić information content (AvgIpc) is 2.42. The largest absolute Gasteiger partial charge is 0.481 e. The fourth-order valence-electron chi connectivity index (χ4n) is 2.91. The van der Waals surface area contributed by atoms with Crippen LogP contribution in [-0.2, 0) is 4.79 Å². The van der Waals surface area contributed by atoms with Crippen LogP contribution in [0.5, 0.6) is 0 Å². The van der Waals surface area contributed by atoms with E-state index in [1.165, 1.54) is 0 Å². The molecule has 1 aliphatic heterocycles. The zero-order chi connectivity index (χ0) is 13.8. The highest BCUT2D eigenvalue weighted by molar-refractivity contribution is 6.31. The number of carboxylic acids is 1. The lowest BCUT2D eigenvalue weighted by Gasteiger charge is -2.37. The molecule has 2 rings (SSSR count). The third-order valence-electron chi connectivity index (χ3n) is 3.89. The Morgan fingerprint density at radius 1 is 1.53 bits per heavy atom. The number of hydrogen-bond donors (Lipinski definition) is 1. The van der Waals surface area contributed by atoms with E-state index in [0.717, 1.165) is 36.4 Å². The SMILES string of the molecule is CCC(c1ccccc1Cl)N1CCCC(C(=O)O)C1. The summed E-state index contributed by atoms with van der Waals surface area (Å²) >= 11 is 6.27. The van der Waals surface area contributed by atoms with E-state index in [1.54, 1.807) is 0 Å². The minimum Gasteiger partial charge on any atom is -0.481 e. The van der Waals surface area contributed by atoms with Crippen LogP contribution in [0, 0.1) is 5.92 Å². The molecule has 1 saturated heterocycles. The molecule has 1 fully saturated rings. The number of aliphatic carboxylic acids is 1. The Labute approximate surface area is 119 Å². The molecule has 1 heterocycles. The van der Waals surface area contributed by atoms with Gasteiger partial charge in [-0.3, -0.25) is 9.69 Å². The monoisotopic (exact) mass is 281 g/mol. The highest BCUT2D eigenvalue weighted by atomic mass is 35.5. The van der Waals surface area contributed by atoms with Crippen LogP contribution in [0.3, 0.4) is 0 Å². The molecule has 4 heteroatoms. The van der Waals surface area contributed by atoms with Gasteiger partial charge in [0, 0.05) is 17.6 Å². The van der Waals surface area contributed by atoms with E-state index < -0.39 is 5.97 Å². The highest BCUT2D eigenvalue weighted by Gasteiger charge is 2.30. The van der Waals surface area contributed by atoms with Crippen LogP contribution in [0.15, 0.2) is 24.3 Å². The van der Waals surface area contributed by atoms with Gasteiger partial charge in [0.15, 0.2) is 0 Å². The summed E-state index contributed by atoms with van der Waals surface area (Å²) in [6.45, 7) is 3.70. The van der Waals surface area contributed by atoms with E-state index in [4.69, 9.17) is 11.6 Å². The molecule has 0 spiro atoms. The summed E-state index contributed by atoms with van der Waals surface area (Å²) in [6, 6.07) is 8.08. The van der Waals surface area contributed by atoms with Gasteiger partial charge in [-0.2, -0.15) is 0 Å². The number of rotatable bonds is 4. The maximum Gasteiger partial charge on any atom is 0.307 e. The second-order valence-electron chi connectivity index (χ2n) is 5.12. The van der Waals surface area contributed by atoms with E-state index in [0.29, 0.717) is 6.54 Å². The van der Waals surface area contributed by atoms with Gasteiger partial charge in [-0.15, -0.1) is 0 Å². The van der Waals surface area contributed by atoms with Crippen LogP contribution in [-0.4, -0.2) is 29.1 Å². The Hall–Kier alpha value is -1.06. The van der Waals surface area contributed by atoms with Crippen LogP contribution in [0.2, 0.25) is 5.02 Å². The predicted octanol–water partition coefficient (Wildman–Crippen LogP) is 3.59. The van der Waals surface area contributed by atoms with Crippen LogP contribution in [0.25, 0.3) is 0 Å². The molecule has 2 unspecified atom stereocenters. The lowest BCUT2D eigenvalue weighted by molar-refractivity contribution is -0.144. The molecule has 104 valence electrons. The second-order valence-corrected chi connectivity index (χ2v) is 5.53. The van der Waals surface area contributed by atoms with Crippen molar-refractivity contribution in [2.45, 2.75) is 32.2 Å². The summed E-state index contributed by atoms with van der Waals surface area (Å²) in [5, 5.41) is 9.95. The quantitative estimate of drug-likeness (QED) is 0.917. The molecule has 1 aromatic rings. The van der Waals surface area contributed by atoms with Gasteiger partial charge in [0.25, 0.3) is 0 Å². The van der Waals surface area contributed by atoms with E-state index >= 15 is 0 Å². The summed E-state index contributed by atoms with van der Waals surface area (Å²) in [5.74, 6) is -0.927. The van der Waals surface area contributed by atoms with Crippen molar-refractivity contribution in [3.8, 4) is 0 Å². The summed E-state index contributed by atoms with van der Waals surface area (Å²) in [6.07, 6.45) is 2.67. The fourth-order valence-corrected chi connectivity index (χ4v) is 3.17. The standard InChI is InChI=1S/C15H20ClNO2/c1-2-14(12-7-3-4-8-13(12)16)17-9-5-6-11(10-17)15(18)19/h3-4,7-8,11,14H,2,5-6,9-10H2,1H3,(H,18,19). The van der Waals surface area contributed by atoms with Crippen LogP contribution in [0.1, 0.15) is 37.8 Å². The van der Waals surface area contributed by atoms with Crippen molar-refractivity contribution in [1.82, 2.24) is 4.90 Å². The first-order valence-electron chi connectivity index (χ1n) is 6.84. The van der Waals surface area contributed by atoms with Crippen molar-refractivity contribution in [2.75, 3.05) is 13.1 Å². The van der Waals surface area contributed by atoms with Crippen LogP contribution < -0.4 is 0 Å². The molecule has 1 aliphatic rings. The van der Waals surface area contributed by atoms with E-state index in [-0.39, 0.29) is 12.0 Å². The third-order valence-corrected chi connectivity index (χ3v) is 4.24. The van der Waals surface area contributed by atoms with Gasteiger partial charge >= 0.3 is 5.97 Å².